The van der Waals surface area contributed by atoms with Crippen molar-refractivity contribution >= 4 is 34.4 Å². The zero-order valence-electron chi connectivity index (χ0n) is 17.3. The molecule has 0 atom stereocenters. The summed E-state index contributed by atoms with van der Waals surface area (Å²) in [6, 6.07) is 15.7. The minimum Gasteiger partial charge on any atom is -0.454 e. The molecule has 2 aromatic carbocycles. The summed E-state index contributed by atoms with van der Waals surface area (Å²) < 4.78 is 24.0. The number of nitrogens with one attached hydrogen (secondary N) is 1. The number of primary amides is 1. The van der Waals surface area contributed by atoms with Crippen molar-refractivity contribution in [2.75, 3.05) is 5.32 Å². The highest BCUT2D eigenvalue weighted by Gasteiger charge is 2.22. The van der Waals surface area contributed by atoms with Gasteiger partial charge >= 0.3 is 0 Å². The molecule has 168 valence electrons. The number of carbonyl (C=O) groups excluding carboxylic acids is 1. The number of amides is 1. The van der Waals surface area contributed by atoms with Crippen LogP contribution in [0.1, 0.15) is 21.8 Å². The number of rotatable bonds is 6. The minimum atomic E-state index is -0.556. The van der Waals surface area contributed by atoms with Gasteiger partial charge in [0.05, 0.1) is 0 Å². The third kappa shape index (κ3) is 3.90. The van der Waals surface area contributed by atoms with Crippen LogP contribution in [0.5, 0.6) is 0 Å². The van der Waals surface area contributed by atoms with Gasteiger partial charge in [0.25, 0.3) is 0 Å². The maximum atomic E-state index is 13.3. The van der Waals surface area contributed by atoms with E-state index in [4.69, 9.17) is 20.6 Å². The van der Waals surface area contributed by atoms with E-state index >= 15 is 0 Å². The molecule has 0 aliphatic rings. The summed E-state index contributed by atoms with van der Waals surface area (Å²) in [5.41, 5.74) is 7.49. The van der Waals surface area contributed by atoms with E-state index in [1.54, 1.807) is 36.4 Å². The van der Waals surface area contributed by atoms with Crippen molar-refractivity contribution in [3.63, 3.8) is 0 Å². The molecule has 0 aliphatic heterocycles. The number of benzene rings is 2. The second-order valence-corrected chi connectivity index (χ2v) is 7.05. The molecule has 12 heteroatoms. The first kappa shape index (κ1) is 20.8. The number of halogens is 1. The number of hydrazone groups is 1. The molecule has 1 amide bonds. The fourth-order valence-corrected chi connectivity index (χ4v) is 3.25. The molecule has 5 rings (SSSR count). The van der Waals surface area contributed by atoms with Crippen molar-refractivity contribution in [2.24, 2.45) is 16.7 Å². The highest BCUT2D eigenvalue weighted by Crippen LogP contribution is 2.27. The Hall–Kier alpha value is -5.13. The van der Waals surface area contributed by atoms with E-state index in [9.17, 15) is 9.18 Å². The van der Waals surface area contributed by atoms with Gasteiger partial charge in [-0.25, -0.2) is 19.0 Å². The van der Waals surface area contributed by atoms with Crippen LogP contribution in [0.4, 0.5) is 15.9 Å². The summed E-state index contributed by atoms with van der Waals surface area (Å²) in [7, 11) is 0. The Kier molecular flexibility index (Phi) is 5.14. The van der Waals surface area contributed by atoms with Crippen LogP contribution in [0.15, 0.2) is 74.8 Å². The average molecular weight is 458 g/mol. The van der Waals surface area contributed by atoms with Crippen molar-refractivity contribution in [1.82, 2.24) is 20.3 Å². The van der Waals surface area contributed by atoms with Crippen LogP contribution in [0.25, 0.3) is 22.6 Å². The SMILES string of the molecule is NN=C(c1ccc(-c2cccc(C(N)=O)c2)o1)c1nc2nonc2nc1Nc1ccc(F)cc1. The third-order valence-corrected chi connectivity index (χ3v) is 4.85. The summed E-state index contributed by atoms with van der Waals surface area (Å²) in [6.07, 6.45) is 0. The number of carbonyl (C=O) groups is 1. The van der Waals surface area contributed by atoms with Gasteiger partial charge in [-0.05, 0) is 58.8 Å². The summed E-state index contributed by atoms with van der Waals surface area (Å²) in [6.45, 7) is 0. The van der Waals surface area contributed by atoms with E-state index in [-0.39, 0.29) is 40.1 Å². The van der Waals surface area contributed by atoms with Crippen molar-refractivity contribution < 1.29 is 18.2 Å². The first-order valence-corrected chi connectivity index (χ1v) is 9.83. The molecular weight excluding hydrogens is 443 g/mol. The van der Waals surface area contributed by atoms with Crippen molar-refractivity contribution in [1.29, 1.82) is 0 Å². The second-order valence-electron chi connectivity index (χ2n) is 7.05. The Bertz CT molecular complexity index is 1540. The molecular formula is C22H15FN8O3. The molecule has 0 aliphatic carbocycles. The molecule has 5 N–H and O–H groups in total. The number of anilines is 2. The molecule has 0 fully saturated rings. The number of nitrogens with two attached hydrogens (primary N) is 2. The zero-order valence-corrected chi connectivity index (χ0v) is 17.3. The standard InChI is InChI=1S/C22H15FN8O3/c23-13-4-6-14(7-5-13)26-20-18(27-21-22(28-20)31-34-30-21)17(29-25)16-9-8-15(33-16)11-2-1-3-12(10-11)19(24)32/h1-10H,25H2,(H2,24,32)(H,26,28,31). The minimum absolute atomic E-state index is 0.127. The van der Waals surface area contributed by atoms with Gasteiger partial charge in [0.2, 0.25) is 17.2 Å². The lowest BCUT2D eigenvalue weighted by Crippen LogP contribution is -2.13. The van der Waals surface area contributed by atoms with Gasteiger partial charge in [-0.3, -0.25) is 4.79 Å². The fourth-order valence-electron chi connectivity index (χ4n) is 3.25. The fraction of sp³-hybridized carbons (Fsp3) is 0. The van der Waals surface area contributed by atoms with E-state index in [2.05, 4.69) is 30.7 Å². The number of hydrogen-bond acceptors (Lipinski definition) is 10. The summed E-state index contributed by atoms with van der Waals surface area (Å²) in [4.78, 5) is 20.3. The molecule has 0 radical (unpaired) electrons. The van der Waals surface area contributed by atoms with E-state index in [0.29, 0.717) is 22.6 Å². The van der Waals surface area contributed by atoms with Crippen LogP contribution in [0, 0.1) is 5.82 Å². The zero-order chi connectivity index (χ0) is 23.7. The maximum Gasteiger partial charge on any atom is 0.248 e. The molecule has 0 saturated heterocycles. The van der Waals surface area contributed by atoms with E-state index in [1.807, 2.05) is 0 Å². The molecule has 3 heterocycles. The van der Waals surface area contributed by atoms with Gasteiger partial charge in [0.1, 0.15) is 17.3 Å². The normalized spacial score (nSPS) is 11.6. The molecule has 0 spiro atoms. The molecule has 0 bridgehead atoms. The van der Waals surface area contributed by atoms with Crippen LogP contribution in [-0.2, 0) is 0 Å². The Morgan fingerprint density at radius 1 is 1.00 bits per heavy atom. The summed E-state index contributed by atoms with van der Waals surface area (Å²) in [5.74, 6) is 5.70. The van der Waals surface area contributed by atoms with E-state index < -0.39 is 5.91 Å². The van der Waals surface area contributed by atoms with Gasteiger partial charge < -0.3 is 21.3 Å². The maximum absolute atomic E-state index is 13.3. The van der Waals surface area contributed by atoms with E-state index in [1.165, 1.54) is 24.3 Å². The first-order chi connectivity index (χ1) is 16.5. The molecule has 11 nitrogen and oxygen atoms in total. The predicted octanol–water partition coefficient (Wildman–Crippen LogP) is 2.97. The van der Waals surface area contributed by atoms with Crippen molar-refractivity contribution in [3.05, 3.63) is 83.5 Å². The van der Waals surface area contributed by atoms with Crippen LogP contribution in [0.2, 0.25) is 0 Å². The van der Waals surface area contributed by atoms with Crippen molar-refractivity contribution in [2.45, 2.75) is 0 Å². The third-order valence-electron chi connectivity index (χ3n) is 4.85. The van der Waals surface area contributed by atoms with Crippen LogP contribution in [0.3, 0.4) is 0 Å². The predicted molar refractivity (Wildman–Crippen MR) is 120 cm³/mol. The molecule has 34 heavy (non-hydrogen) atoms. The largest absolute Gasteiger partial charge is 0.454 e. The Morgan fingerprint density at radius 3 is 2.50 bits per heavy atom. The summed E-state index contributed by atoms with van der Waals surface area (Å²) >= 11 is 0. The van der Waals surface area contributed by atoms with Gasteiger partial charge in [-0.1, -0.05) is 12.1 Å². The summed E-state index contributed by atoms with van der Waals surface area (Å²) in [5, 5.41) is 14.3. The number of nitrogens with zero attached hydrogens (tertiary/aromatic N) is 5. The van der Waals surface area contributed by atoms with Crippen LogP contribution >= 0.6 is 0 Å². The smallest absolute Gasteiger partial charge is 0.248 e. The van der Waals surface area contributed by atoms with Crippen LogP contribution in [-0.4, -0.2) is 31.9 Å². The Balaban J connectivity index is 1.56. The lowest BCUT2D eigenvalue weighted by atomic mass is 10.1. The first-order valence-electron chi connectivity index (χ1n) is 9.83. The molecule has 3 aromatic heterocycles. The van der Waals surface area contributed by atoms with E-state index in [0.717, 1.165) is 0 Å². The number of fused-ring (bicyclic) bond motifs is 1. The van der Waals surface area contributed by atoms with Crippen LogP contribution < -0.4 is 16.9 Å². The highest BCUT2D eigenvalue weighted by molar-refractivity contribution is 6.13. The molecule has 0 saturated carbocycles. The topological polar surface area (TPSA) is 171 Å². The second kappa shape index (κ2) is 8.43. The van der Waals surface area contributed by atoms with Crippen molar-refractivity contribution in [3.8, 4) is 11.3 Å². The van der Waals surface area contributed by atoms with Gasteiger partial charge in [0.15, 0.2) is 17.3 Å². The lowest BCUT2D eigenvalue weighted by Gasteiger charge is -2.10. The number of aromatic nitrogens is 4. The Labute approximate surface area is 190 Å². The highest BCUT2D eigenvalue weighted by atomic mass is 19.1. The Morgan fingerprint density at radius 2 is 1.76 bits per heavy atom. The monoisotopic (exact) mass is 458 g/mol. The average Bonchev–Trinajstić information content (AvgIpc) is 3.51. The number of hydrogen-bond donors (Lipinski definition) is 3. The quantitative estimate of drug-likeness (QED) is 0.196. The molecule has 5 aromatic rings. The van der Waals surface area contributed by atoms with Gasteiger partial charge in [0, 0.05) is 16.8 Å². The lowest BCUT2D eigenvalue weighted by molar-refractivity contribution is 0.100. The van der Waals surface area contributed by atoms with Gasteiger partial charge in [-0.2, -0.15) is 5.10 Å². The number of furan rings is 1. The van der Waals surface area contributed by atoms with Gasteiger partial charge in [-0.15, -0.1) is 0 Å². The molecule has 0 unspecified atom stereocenters.